The summed E-state index contributed by atoms with van der Waals surface area (Å²) in [5, 5.41) is 3.16. The van der Waals surface area contributed by atoms with Crippen LogP contribution in [0.15, 0.2) is 0 Å². The van der Waals surface area contributed by atoms with E-state index in [0.717, 1.165) is 32.2 Å². The molecular formula is C12H27N3O2S. The normalized spacial score (nSPS) is 19.6. The summed E-state index contributed by atoms with van der Waals surface area (Å²) in [6.45, 7) is 6.28. The molecule has 0 bridgehead atoms. The Hall–Kier alpha value is -0.170. The Kier molecular flexibility index (Phi) is 6.55. The highest BCUT2D eigenvalue weighted by atomic mass is 32.2. The molecule has 0 aromatic heterocycles. The number of piperidine rings is 1. The summed E-state index contributed by atoms with van der Waals surface area (Å²) in [6, 6.07) is 0.0602. The number of rotatable bonds is 7. The molecule has 0 aromatic rings. The first-order valence-corrected chi connectivity index (χ1v) is 8.39. The zero-order chi connectivity index (χ0) is 13.6. The predicted octanol–water partition coefficient (Wildman–Crippen LogP) is 0.941. The Balaban J connectivity index is 2.50. The van der Waals surface area contributed by atoms with Crippen molar-refractivity contribution in [3.63, 3.8) is 0 Å². The monoisotopic (exact) mass is 277 g/mol. The van der Waals surface area contributed by atoms with E-state index in [1.807, 2.05) is 20.9 Å². The van der Waals surface area contributed by atoms with Crippen LogP contribution in [0.3, 0.4) is 0 Å². The average molecular weight is 277 g/mol. The van der Waals surface area contributed by atoms with Crippen molar-refractivity contribution < 1.29 is 8.42 Å². The molecule has 0 unspecified atom stereocenters. The van der Waals surface area contributed by atoms with Crippen LogP contribution in [-0.4, -0.2) is 45.4 Å². The summed E-state index contributed by atoms with van der Waals surface area (Å²) in [5.41, 5.74) is 0. The van der Waals surface area contributed by atoms with Crippen molar-refractivity contribution in [2.24, 2.45) is 5.92 Å². The first-order valence-electron chi connectivity index (χ1n) is 6.95. The molecule has 0 aliphatic carbocycles. The number of hydrogen-bond acceptors (Lipinski definition) is 3. The van der Waals surface area contributed by atoms with Crippen LogP contribution in [0.5, 0.6) is 0 Å². The molecule has 108 valence electrons. The van der Waals surface area contributed by atoms with E-state index in [0.29, 0.717) is 19.0 Å². The molecule has 5 nitrogen and oxygen atoms in total. The van der Waals surface area contributed by atoms with Gasteiger partial charge in [-0.2, -0.15) is 17.4 Å². The summed E-state index contributed by atoms with van der Waals surface area (Å²) < 4.78 is 28.7. The van der Waals surface area contributed by atoms with Gasteiger partial charge in [-0.1, -0.05) is 13.8 Å². The van der Waals surface area contributed by atoms with Crippen LogP contribution in [-0.2, 0) is 10.2 Å². The van der Waals surface area contributed by atoms with Gasteiger partial charge in [0.25, 0.3) is 10.2 Å². The van der Waals surface area contributed by atoms with Gasteiger partial charge in [0.1, 0.15) is 0 Å². The van der Waals surface area contributed by atoms with Crippen LogP contribution in [0, 0.1) is 5.92 Å². The van der Waals surface area contributed by atoms with Crippen molar-refractivity contribution >= 4 is 10.2 Å². The Bertz CT molecular complexity index is 320. The van der Waals surface area contributed by atoms with Crippen LogP contribution in [0.1, 0.15) is 39.5 Å². The van der Waals surface area contributed by atoms with Crippen molar-refractivity contribution in [2.75, 3.05) is 26.7 Å². The van der Waals surface area contributed by atoms with E-state index < -0.39 is 10.2 Å². The molecule has 1 aliphatic heterocycles. The first-order chi connectivity index (χ1) is 8.53. The molecule has 0 spiro atoms. The molecule has 1 fully saturated rings. The van der Waals surface area contributed by atoms with Crippen LogP contribution in [0.4, 0.5) is 0 Å². The first kappa shape index (κ1) is 15.9. The van der Waals surface area contributed by atoms with Crippen molar-refractivity contribution in [2.45, 2.75) is 45.6 Å². The van der Waals surface area contributed by atoms with Gasteiger partial charge in [-0.3, -0.25) is 0 Å². The van der Waals surface area contributed by atoms with Crippen molar-refractivity contribution in [3.05, 3.63) is 0 Å². The predicted molar refractivity (Wildman–Crippen MR) is 74.6 cm³/mol. The Labute approximate surface area is 112 Å². The topological polar surface area (TPSA) is 61.4 Å². The van der Waals surface area contributed by atoms with Crippen molar-refractivity contribution in [1.82, 2.24) is 14.3 Å². The van der Waals surface area contributed by atoms with Gasteiger partial charge in [0.15, 0.2) is 0 Å². The van der Waals surface area contributed by atoms with Gasteiger partial charge in [0.05, 0.1) is 0 Å². The summed E-state index contributed by atoms with van der Waals surface area (Å²) in [5.74, 6) is 0.606. The molecule has 6 heteroatoms. The van der Waals surface area contributed by atoms with Crippen molar-refractivity contribution in [1.29, 1.82) is 0 Å². The van der Waals surface area contributed by atoms with Gasteiger partial charge in [0.2, 0.25) is 0 Å². The van der Waals surface area contributed by atoms with Gasteiger partial charge >= 0.3 is 0 Å². The minimum absolute atomic E-state index is 0.0602. The highest BCUT2D eigenvalue weighted by Crippen LogP contribution is 2.18. The standard InChI is InChI=1S/C12H27N3O2S/c1-4-12(5-2)14-18(16,17)15-8-6-11(7-9-15)10-13-3/h11-14H,4-10H2,1-3H3. The van der Waals surface area contributed by atoms with E-state index in [1.165, 1.54) is 0 Å². The fourth-order valence-corrected chi connectivity index (χ4v) is 3.98. The third-order valence-electron chi connectivity index (χ3n) is 3.71. The van der Waals surface area contributed by atoms with Crippen LogP contribution < -0.4 is 10.0 Å². The summed E-state index contributed by atoms with van der Waals surface area (Å²) in [6.07, 6.45) is 3.58. The Morgan fingerprint density at radius 1 is 1.22 bits per heavy atom. The number of hydrogen-bond donors (Lipinski definition) is 2. The lowest BCUT2D eigenvalue weighted by Crippen LogP contribution is -2.48. The molecule has 0 radical (unpaired) electrons. The van der Waals surface area contributed by atoms with E-state index in [9.17, 15) is 8.42 Å². The second-order valence-corrected chi connectivity index (χ2v) is 6.74. The van der Waals surface area contributed by atoms with Gasteiger partial charge in [-0.25, -0.2) is 0 Å². The maximum atomic E-state index is 12.2. The molecule has 0 saturated carbocycles. The molecule has 1 heterocycles. The Morgan fingerprint density at radius 3 is 2.22 bits per heavy atom. The molecule has 0 amide bonds. The third kappa shape index (κ3) is 4.50. The lowest BCUT2D eigenvalue weighted by molar-refractivity contribution is 0.266. The Morgan fingerprint density at radius 2 is 1.78 bits per heavy atom. The minimum atomic E-state index is -3.28. The SMILES string of the molecule is CCC(CC)NS(=O)(=O)N1CCC(CNC)CC1. The molecule has 2 N–H and O–H groups in total. The largest absolute Gasteiger partial charge is 0.319 e. The lowest BCUT2D eigenvalue weighted by atomic mass is 9.98. The van der Waals surface area contributed by atoms with Gasteiger partial charge in [0, 0.05) is 19.1 Å². The van der Waals surface area contributed by atoms with Gasteiger partial charge < -0.3 is 5.32 Å². The second-order valence-electron chi connectivity index (χ2n) is 5.04. The van der Waals surface area contributed by atoms with Crippen molar-refractivity contribution in [3.8, 4) is 0 Å². The lowest BCUT2D eigenvalue weighted by Gasteiger charge is -2.32. The van der Waals surface area contributed by atoms with Gasteiger partial charge in [-0.05, 0) is 45.2 Å². The molecular weight excluding hydrogens is 250 g/mol. The molecule has 1 aliphatic rings. The molecule has 0 atom stereocenters. The van der Waals surface area contributed by atoms with E-state index in [1.54, 1.807) is 4.31 Å². The second kappa shape index (κ2) is 7.43. The van der Waals surface area contributed by atoms with E-state index in [4.69, 9.17) is 0 Å². The van der Waals surface area contributed by atoms with Gasteiger partial charge in [-0.15, -0.1) is 0 Å². The number of nitrogens with zero attached hydrogens (tertiary/aromatic N) is 1. The number of nitrogens with one attached hydrogen (secondary N) is 2. The maximum Gasteiger partial charge on any atom is 0.279 e. The minimum Gasteiger partial charge on any atom is -0.319 e. The van der Waals surface area contributed by atoms with Crippen LogP contribution in [0.2, 0.25) is 0 Å². The zero-order valence-corrected chi connectivity index (χ0v) is 12.6. The summed E-state index contributed by atoms with van der Waals surface area (Å²) >= 11 is 0. The van der Waals surface area contributed by atoms with E-state index in [2.05, 4.69) is 10.0 Å². The quantitative estimate of drug-likeness (QED) is 0.728. The maximum absolute atomic E-state index is 12.2. The third-order valence-corrected chi connectivity index (χ3v) is 5.38. The van der Waals surface area contributed by atoms with Crippen LogP contribution in [0.25, 0.3) is 0 Å². The van der Waals surface area contributed by atoms with Crippen LogP contribution >= 0.6 is 0 Å². The molecule has 1 rings (SSSR count). The molecule has 0 aromatic carbocycles. The average Bonchev–Trinajstić information content (AvgIpc) is 2.37. The molecule has 1 saturated heterocycles. The van der Waals surface area contributed by atoms with E-state index >= 15 is 0 Å². The highest BCUT2D eigenvalue weighted by Gasteiger charge is 2.28. The fraction of sp³-hybridized carbons (Fsp3) is 1.00. The molecule has 18 heavy (non-hydrogen) atoms. The fourth-order valence-electron chi connectivity index (χ4n) is 2.38. The summed E-state index contributed by atoms with van der Waals surface area (Å²) in [4.78, 5) is 0. The highest BCUT2D eigenvalue weighted by molar-refractivity contribution is 7.87. The smallest absolute Gasteiger partial charge is 0.279 e. The zero-order valence-electron chi connectivity index (χ0n) is 11.8. The summed E-state index contributed by atoms with van der Waals surface area (Å²) in [7, 11) is -1.34. The van der Waals surface area contributed by atoms with E-state index in [-0.39, 0.29) is 6.04 Å².